The molecule has 0 radical (unpaired) electrons. The summed E-state index contributed by atoms with van der Waals surface area (Å²) in [5.74, 6) is 3.19. The Bertz CT molecular complexity index is 735. The van der Waals surface area contributed by atoms with Crippen molar-refractivity contribution in [3.63, 3.8) is 0 Å². The van der Waals surface area contributed by atoms with Crippen LogP contribution in [0.25, 0.3) is 5.65 Å². The first-order chi connectivity index (χ1) is 11.3. The van der Waals surface area contributed by atoms with Crippen LogP contribution in [0.4, 0.5) is 0 Å². The van der Waals surface area contributed by atoms with Crippen molar-refractivity contribution in [2.24, 2.45) is 17.8 Å². The largest absolute Gasteiger partial charge is 0.356 e. The normalized spacial score (nSPS) is 25.3. The number of carbonyl (C=O) groups excluding carboxylic acids is 1. The van der Waals surface area contributed by atoms with Gasteiger partial charge >= 0.3 is 0 Å². The molecule has 2 heterocycles. The second-order valence-corrected chi connectivity index (χ2v) is 6.74. The SMILES string of the molecule is O=C(CCCc1nnc2ccccn12)NCC1CC2C=CC1C2. The van der Waals surface area contributed by atoms with E-state index in [2.05, 4.69) is 27.7 Å². The lowest BCUT2D eigenvalue weighted by atomic mass is 9.93. The van der Waals surface area contributed by atoms with Crippen LogP contribution >= 0.6 is 0 Å². The number of nitrogens with zero attached hydrogens (tertiary/aromatic N) is 3. The van der Waals surface area contributed by atoms with Crippen molar-refractivity contribution in [1.29, 1.82) is 0 Å². The number of carbonyl (C=O) groups is 1. The molecule has 3 atom stereocenters. The summed E-state index contributed by atoms with van der Waals surface area (Å²) in [6, 6.07) is 5.86. The fourth-order valence-electron chi connectivity index (χ4n) is 3.93. The fourth-order valence-corrected chi connectivity index (χ4v) is 3.93. The van der Waals surface area contributed by atoms with Crippen LogP contribution in [0.1, 0.15) is 31.5 Å². The first-order valence-corrected chi connectivity index (χ1v) is 8.53. The first-order valence-electron chi connectivity index (χ1n) is 8.53. The molecule has 1 amide bonds. The molecule has 2 bridgehead atoms. The summed E-state index contributed by atoms with van der Waals surface area (Å²) >= 11 is 0. The Hall–Kier alpha value is -2.17. The molecule has 2 aliphatic rings. The van der Waals surface area contributed by atoms with Gasteiger partial charge in [-0.05, 0) is 49.1 Å². The van der Waals surface area contributed by atoms with Gasteiger partial charge in [-0.15, -0.1) is 10.2 Å². The summed E-state index contributed by atoms with van der Waals surface area (Å²) in [6.45, 7) is 0.832. The smallest absolute Gasteiger partial charge is 0.220 e. The number of hydrogen-bond donors (Lipinski definition) is 1. The molecule has 2 aromatic rings. The third-order valence-corrected chi connectivity index (χ3v) is 5.17. The Kier molecular flexibility index (Phi) is 3.85. The molecule has 2 aliphatic carbocycles. The van der Waals surface area contributed by atoms with Gasteiger partial charge < -0.3 is 5.32 Å². The molecule has 0 aromatic carbocycles. The summed E-state index contributed by atoms with van der Waals surface area (Å²) in [4.78, 5) is 12.0. The number of amides is 1. The first kappa shape index (κ1) is 14.4. The number of hydrogen-bond acceptors (Lipinski definition) is 3. The number of aromatic nitrogens is 3. The minimum Gasteiger partial charge on any atom is -0.356 e. The molecule has 23 heavy (non-hydrogen) atoms. The van der Waals surface area contributed by atoms with Crippen molar-refractivity contribution < 1.29 is 4.79 Å². The zero-order valence-electron chi connectivity index (χ0n) is 13.2. The second kappa shape index (κ2) is 6.14. The minimum absolute atomic E-state index is 0.158. The molecule has 3 unspecified atom stereocenters. The fraction of sp³-hybridized carbons (Fsp3) is 0.500. The Morgan fingerprint density at radius 3 is 3.04 bits per heavy atom. The summed E-state index contributed by atoms with van der Waals surface area (Å²) in [7, 11) is 0. The number of allylic oxidation sites excluding steroid dienone is 2. The highest BCUT2D eigenvalue weighted by Crippen LogP contribution is 2.42. The molecular weight excluding hydrogens is 288 g/mol. The topological polar surface area (TPSA) is 59.3 Å². The van der Waals surface area contributed by atoms with E-state index in [-0.39, 0.29) is 5.91 Å². The quantitative estimate of drug-likeness (QED) is 0.833. The van der Waals surface area contributed by atoms with Gasteiger partial charge in [0.1, 0.15) is 5.82 Å². The van der Waals surface area contributed by atoms with E-state index in [1.807, 2.05) is 28.8 Å². The van der Waals surface area contributed by atoms with Gasteiger partial charge in [-0.3, -0.25) is 9.20 Å². The van der Waals surface area contributed by atoms with Gasteiger partial charge in [0.25, 0.3) is 0 Å². The zero-order chi connectivity index (χ0) is 15.6. The molecule has 120 valence electrons. The van der Waals surface area contributed by atoms with E-state index >= 15 is 0 Å². The molecule has 0 spiro atoms. The summed E-state index contributed by atoms with van der Waals surface area (Å²) in [5, 5.41) is 11.4. The molecule has 1 N–H and O–H groups in total. The lowest BCUT2D eigenvalue weighted by Gasteiger charge is -2.18. The van der Waals surface area contributed by atoms with Gasteiger partial charge in [0.15, 0.2) is 5.65 Å². The van der Waals surface area contributed by atoms with Gasteiger partial charge in [-0.25, -0.2) is 0 Å². The monoisotopic (exact) mass is 310 g/mol. The molecule has 1 fully saturated rings. The Labute approximate surface area is 135 Å². The second-order valence-electron chi connectivity index (χ2n) is 6.74. The van der Waals surface area contributed by atoms with E-state index in [1.165, 1.54) is 12.8 Å². The van der Waals surface area contributed by atoms with Crippen LogP contribution in [0, 0.1) is 17.8 Å². The van der Waals surface area contributed by atoms with Crippen molar-refractivity contribution >= 4 is 11.6 Å². The predicted octanol–water partition coefficient (Wildman–Crippen LogP) is 2.38. The van der Waals surface area contributed by atoms with Gasteiger partial charge in [-0.2, -0.15) is 0 Å². The lowest BCUT2D eigenvalue weighted by molar-refractivity contribution is -0.121. The van der Waals surface area contributed by atoms with E-state index in [0.29, 0.717) is 18.3 Å². The zero-order valence-corrected chi connectivity index (χ0v) is 13.2. The van der Waals surface area contributed by atoms with Crippen molar-refractivity contribution in [3.8, 4) is 0 Å². The maximum absolute atomic E-state index is 12.0. The molecule has 0 aliphatic heterocycles. The average Bonchev–Trinajstić information content (AvgIpc) is 3.28. The highest BCUT2D eigenvalue weighted by Gasteiger charge is 2.35. The summed E-state index contributed by atoms with van der Waals surface area (Å²) in [5.41, 5.74) is 0.858. The Morgan fingerprint density at radius 2 is 2.22 bits per heavy atom. The van der Waals surface area contributed by atoms with Gasteiger partial charge in [0.2, 0.25) is 5.91 Å². The number of pyridine rings is 1. The van der Waals surface area contributed by atoms with Crippen LogP contribution < -0.4 is 5.32 Å². The maximum atomic E-state index is 12.0. The standard InChI is InChI=1S/C18H22N4O/c23-18(19-12-15-11-13-7-8-14(15)10-13)6-3-5-17-21-20-16-4-1-2-9-22(16)17/h1-2,4,7-9,13-15H,3,5-6,10-12H2,(H,19,23). The average molecular weight is 310 g/mol. The van der Waals surface area contributed by atoms with Crippen molar-refractivity contribution in [2.75, 3.05) is 6.54 Å². The highest BCUT2D eigenvalue weighted by atomic mass is 16.1. The van der Waals surface area contributed by atoms with E-state index in [1.54, 1.807) is 0 Å². The van der Waals surface area contributed by atoms with Crippen LogP contribution in [0.15, 0.2) is 36.5 Å². The van der Waals surface area contributed by atoms with Gasteiger partial charge in [0, 0.05) is 25.6 Å². The highest BCUT2D eigenvalue weighted by molar-refractivity contribution is 5.75. The van der Waals surface area contributed by atoms with Crippen LogP contribution in [-0.4, -0.2) is 27.0 Å². The number of rotatable bonds is 6. The van der Waals surface area contributed by atoms with Gasteiger partial charge in [-0.1, -0.05) is 18.2 Å². The summed E-state index contributed by atoms with van der Waals surface area (Å²) < 4.78 is 1.99. The van der Waals surface area contributed by atoms with E-state index < -0.39 is 0 Å². The van der Waals surface area contributed by atoms with E-state index in [4.69, 9.17) is 0 Å². The third kappa shape index (κ3) is 3.00. The minimum atomic E-state index is 0.158. The molecule has 5 nitrogen and oxygen atoms in total. The van der Waals surface area contributed by atoms with Crippen molar-refractivity contribution in [2.45, 2.75) is 32.1 Å². The molecule has 2 aromatic heterocycles. The van der Waals surface area contributed by atoms with Crippen molar-refractivity contribution in [3.05, 3.63) is 42.4 Å². The molecule has 4 rings (SSSR count). The van der Waals surface area contributed by atoms with Crippen molar-refractivity contribution in [1.82, 2.24) is 19.9 Å². The van der Waals surface area contributed by atoms with Gasteiger partial charge in [0.05, 0.1) is 0 Å². The lowest BCUT2D eigenvalue weighted by Crippen LogP contribution is -2.30. The number of nitrogens with one attached hydrogen (secondary N) is 1. The molecule has 1 saturated carbocycles. The Morgan fingerprint density at radius 1 is 1.26 bits per heavy atom. The predicted molar refractivity (Wildman–Crippen MR) is 87.8 cm³/mol. The van der Waals surface area contributed by atoms with Crippen LogP contribution in [0.2, 0.25) is 0 Å². The molecule has 5 heteroatoms. The van der Waals surface area contributed by atoms with Crippen LogP contribution in [-0.2, 0) is 11.2 Å². The summed E-state index contributed by atoms with van der Waals surface area (Å²) in [6.07, 6.45) is 11.3. The van der Waals surface area contributed by atoms with Crippen LogP contribution in [0.5, 0.6) is 0 Å². The molecule has 0 saturated heterocycles. The third-order valence-electron chi connectivity index (χ3n) is 5.17. The Balaban J connectivity index is 1.22. The van der Waals surface area contributed by atoms with Crippen LogP contribution in [0.3, 0.4) is 0 Å². The van der Waals surface area contributed by atoms with E-state index in [9.17, 15) is 4.79 Å². The maximum Gasteiger partial charge on any atom is 0.220 e. The molecular formula is C18H22N4O. The number of aryl methyl sites for hydroxylation is 1. The number of fused-ring (bicyclic) bond motifs is 3. The van der Waals surface area contributed by atoms with E-state index in [0.717, 1.165) is 36.8 Å².